The van der Waals surface area contributed by atoms with Crippen molar-refractivity contribution in [3.8, 4) is 5.75 Å². The Kier molecular flexibility index (Phi) is 6.12. The Hall–Kier alpha value is -2.82. The highest BCUT2D eigenvalue weighted by Crippen LogP contribution is 2.28. The minimum Gasteiger partial charge on any atom is -0.497 e. The van der Waals surface area contributed by atoms with Crippen molar-refractivity contribution in [1.82, 2.24) is 5.32 Å². The molecule has 0 radical (unpaired) electrons. The lowest BCUT2D eigenvalue weighted by Gasteiger charge is -2.20. The highest BCUT2D eigenvalue weighted by molar-refractivity contribution is 6.00. The van der Waals surface area contributed by atoms with Crippen LogP contribution in [0, 0.1) is 5.92 Å². The molecule has 0 aromatic heterocycles. The molecule has 1 unspecified atom stereocenters. The molecule has 5 nitrogen and oxygen atoms in total. The molecule has 2 aromatic rings. The van der Waals surface area contributed by atoms with Crippen LogP contribution in [-0.2, 0) is 22.4 Å². The third-order valence-electron chi connectivity index (χ3n) is 5.03. The van der Waals surface area contributed by atoms with Gasteiger partial charge in [0.2, 0.25) is 11.8 Å². The number of methoxy groups -OCH3 is 1. The van der Waals surface area contributed by atoms with Crippen LogP contribution < -0.4 is 15.0 Å². The monoisotopic (exact) mass is 366 g/mol. The predicted molar refractivity (Wildman–Crippen MR) is 106 cm³/mol. The molecule has 1 aliphatic rings. The average molecular weight is 366 g/mol. The number of anilines is 1. The van der Waals surface area contributed by atoms with Gasteiger partial charge >= 0.3 is 0 Å². The Morgan fingerprint density at radius 1 is 1.19 bits per heavy atom. The Labute approximate surface area is 160 Å². The zero-order valence-corrected chi connectivity index (χ0v) is 15.9. The number of aryl methyl sites for hydroxylation is 1. The number of benzene rings is 2. The van der Waals surface area contributed by atoms with Gasteiger partial charge in [-0.1, -0.05) is 37.3 Å². The molecule has 2 aromatic carbocycles. The second-order valence-corrected chi connectivity index (χ2v) is 6.78. The summed E-state index contributed by atoms with van der Waals surface area (Å²) in [5.41, 5.74) is 3.20. The van der Waals surface area contributed by atoms with Crippen molar-refractivity contribution >= 4 is 17.5 Å². The molecular weight excluding hydrogens is 340 g/mol. The van der Waals surface area contributed by atoms with Crippen LogP contribution in [0.1, 0.15) is 24.5 Å². The summed E-state index contributed by atoms with van der Waals surface area (Å²) in [5, 5.41) is 2.97. The molecule has 27 heavy (non-hydrogen) atoms. The molecule has 0 bridgehead atoms. The molecular formula is C22H26N2O3. The predicted octanol–water partition coefficient (Wildman–Crippen LogP) is 2.97. The van der Waals surface area contributed by atoms with E-state index in [0.29, 0.717) is 13.1 Å². The van der Waals surface area contributed by atoms with Crippen LogP contribution in [0.2, 0.25) is 0 Å². The van der Waals surface area contributed by atoms with Gasteiger partial charge in [0.05, 0.1) is 13.0 Å². The number of rotatable bonds is 7. The van der Waals surface area contributed by atoms with Gasteiger partial charge in [0.1, 0.15) is 5.75 Å². The van der Waals surface area contributed by atoms with Gasteiger partial charge in [-0.25, -0.2) is 0 Å². The largest absolute Gasteiger partial charge is 0.497 e. The standard InChI is InChI=1S/C22H26N2O3/c1-3-17-6-4-5-7-20(17)24-15-18(14-21(24)25)22(26)23-13-12-16-8-10-19(27-2)11-9-16/h4-11,18H,3,12-15H2,1-2H3,(H,23,26). The van der Waals surface area contributed by atoms with Crippen LogP contribution in [-0.4, -0.2) is 32.0 Å². The third-order valence-corrected chi connectivity index (χ3v) is 5.03. The first-order valence-electron chi connectivity index (χ1n) is 9.41. The molecule has 3 rings (SSSR count). The van der Waals surface area contributed by atoms with Gasteiger partial charge in [0.15, 0.2) is 0 Å². The number of hydrogen-bond acceptors (Lipinski definition) is 3. The summed E-state index contributed by atoms with van der Waals surface area (Å²) < 4.78 is 5.15. The van der Waals surface area contributed by atoms with Gasteiger partial charge in [0.25, 0.3) is 0 Å². The molecule has 0 spiro atoms. The second-order valence-electron chi connectivity index (χ2n) is 6.78. The fraction of sp³-hybridized carbons (Fsp3) is 0.364. The van der Waals surface area contributed by atoms with Crippen LogP contribution in [0.25, 0.3) is 0 Å². The quantitative estimate of drug-likeness (QED) is 0.820. The number of carbonyl (C=O) groups is 2. The number of carbonyl (C=O) groups excluding carboxylic acids is 2. The first kappa shape index (κ1) is 19.0. The van der Waals surface area contributed by atoms with E-state index in [1.807, 2.05) is 48.5 Å². The number of hydrogen-bond donors (Lipinski definition) is 1. The van der Waals surface area contributed by atoms with Crippen molar-refractivity contribution < 1.29 is 14.3 Å². The zero-order valence-electron chi connectivity index (χ0n) is 15.9. The summed E-state index contributed by atoms with van der Waals surface area (Å²) in [6.07, 6.45) is 1.88. The van der Waals surface area contributed by atoms with Crippen LogP contribution in [0.3, 0.4) is 0 Å². The van der Waals surface area contributed by atoms with Crippen molar-refractivity contribution in [1.29, 1.82) is 0 Å². The molecule has 1 saturated heterocycles. The highest BCUT2D eigenvalue weighted by atomic mass is 16.5. The maximum atomic E-state index is 12.5. The van der Waals surface area contributed by atoms with E-state index in [2.05, 4.69) is 12.2 Å². The first-order chi connectivity index (χ1) is 13.1. The first-order valence-corrected chi connectivity index (χ1v) is 9.41. The van der Waals surface area contributed by atoms with E-state index in [1.54, 1.807) is 12.0 Å². The topological polar surface area (TPSA) is 58.6 Å². The third kappa shape index (κ3) is 4.48. The molecule has 5 heteroatoms. The van der Waals surface area contributed by atoms with E-state index in [4.69, 9.17) is 4.74 Å². The van der Waals surface area contributed by atoms with E-state index in [-0.39, 0.29) is 24.2 Å². The van der Waals surface area contributed by atoms with Crippen molar-refractivity contribution in [2.24, 2.45) is 5.92 Å². The second kappa shape index (κ2) is 8.71. The lowest BCUT2D eigenvalue weighted by atomic mass is 10.1. The molecule has 1 heterocycles. The van der Waals surface area contributed by atoms with Crippen molar-refractivity contribution in [2.45, 2.75) is 26.2 Å². The summed E-state index contributed by atoms with van der Waals surface area (Å²) in [7, 11) is 1.64. The fourth-order valence-electron chi connectivity index (χ4n) is 3.46. The van der Waals surface area contributed by atoms with Gasteiger partial charge in [-0.05, 0) is 42.2 Å². The number of nitrogens with zero attached hydrogens (tertiary/aromatic N) is 1. The summed E-state index contributed by atoms with van der Waals surface area (Å²) in [6, 6.07) is 15.7. The zero-order chi connectivity index (χ0) is 19.2. The maximum absolute atomic E-state index is 12.5. The molecule has 2 amide bonds. The van der Waals surface area contributed by atoms with Crippen molar-refractivity contribution in [2.75, 3.05) is 25.1 Å². The van der Waals surface area contributed by atoms with E-state index in [1.165, 1.54) is 0 Å². The van der Waals surface area contributed by atoms with E-state index in [0.717, 1.165) is 35.4 Å². The van der Waals surface area contributed by atoms with E-state index in [9.17, 15) is 9.59 Å². The van der Waals surface area contributed by atoms with Gasteiger partial charge in [-0.15, -0.1) is 0 Å². The minimum absolute atomic E-state index is 0.0196. The number of para-hydroxylation sites is 1. The number of ether oxygens (including phenoxy) is 1. The van der Waals surface area contributed by atoms with Gasteiger partial charge < -0.3 is 15.0 Å². The Balaban J connectivity index is 1.54. The van der Waals surface area contributed by atoms with E-state index < -0.39 is 0 Å². The summed E-state index contributed by atoms with van der Waals surface area (Å²) in [5.74, 6) is 0.498. The van der Waals surface area contributed by atoms with Crippen LogP contribution in [0.5, 0.6) is 5.75 Å². The number of nitrogens with one attached hydrogen (secondary N) is 1. The Morgan fingerprint density at radius 3 is 2.63 bits per heavy atom. The van der Waals surface area contributed by atoms with Crippen molar-refractivity contribution in [3.05, 3.63) is 59.7 Å². The molecule has 1 N–H and O–H groups in total. The lowest BCUT2D eigenvalue weighted by Crippen LogP contribution is -2.34. The minimum atomic E-state index is -0.293. The smallest absolute Gasteiger partial charge is 0.227 e. The average Bonchev–Trinajstić information content (AvgIpc) is 3.10. The molecule has 1 fully saturated rings. The Bertz CT molecular complexity index is 801. The maximum Gasteiger partial charge on any atom is 0.227 e. The van der Waals surface area contributed by atoms with Crippen LogP contribution >= 0.6 is 0 Å². The van der Waals surface area contributed by atoms with Gasteiger partial charge in [0, 0.05) is 25.2 Å². The van der Waals surface area contributed by atoms with Crippen LogP contribution in [0.15, 0.2) is 48.5 Å². The van der Waals surface area contributed by atoms with Gasteiger partial charge in [-0.3, -0.25) is 9.59 Å². The fourth-order valence-corrected chi connectivity index (χ4v) is 3.46. The summed E-state index contributed by atoms with van der Waals surface area (Å²) in [4.78, 5) is 26.7. The molecule has 1 aliphatic heterocycles. The molecule has 1 atom stereocenters. The summed E-state index contributed by atoms with van der Waals surface area (Å²) in [6.45, 7) is 3.08. The normalized spacial score (nSPS) is 16.4. The van der Waals surface area contributed by atoms with E-state index >= 15 is 0 Å². The SMILES string of the molecule is CCc1ccccc1N1CC(C(=O)NCCc2ccc(OC)cc2)CC1=O. The molecule has 0 aliphatic carbocycles. The molecule has 0 saturated carbocycles. The summed E-state index contributed by atoms with van der Waals surface area (Å²) >= 11 is 0. The van der Waals surface area contributed by atoms with Crippen LogP contribution in [0.4, 0.5) is 5.69 Å². The Morgan fingerprint density at radius 2 is 1.93 bits per heavy atom. The lowest BCUT2D eigenvalue weighted by molar-refractivity contribution is -0.126. The van der Waals surface area contributed by atoms with Crippen molar-refractivity contribution in [3.63, 3.8) is 0 Å². The molecule has 142 valence electrons. The highest BCUT2D eigenvalue weighted by Gasteiger charge is 2.35. The van der Waals surface area contributed by atoms with Gasteiger partial charge in [-0.2, -0.15) is 0 Å². The number of amides is 2.